The van der Waals surface area contributed by atoms with Crippen LogP contribution in [0.15, 0.2) is 18.2 Å². The summed E-state index contributed by atoms with van der Waals surface area (Å²) in [6, 6.07) is 5.56. The van der Waals surface area contributed by atoms with Crippen molar-refractivity contribution in [2.75, 3.05) is 25.2 Å². The van der Waals surface area contributed by atoms with Gasteiger partial charge in [-0.15, -0.1) is 0 Å². The molecule has 1 aromatic carbocycles. The molecule has 6 heteroatoms. The Morgan fingerprint density at radius 3 is 2.63 bits per heavy atom. The van der Waals surface area contributed by atoms with E-state index in [9.17, 15) is 8.42 Å². The fourth-order valence-corrected chi connectivity index (χ4v) is 2.82. The lowest BCUT2D eigenvalue weighted by Crippen LogP contribution is -2.12. The van der Waals surface area contributed by atoms with Gasteiger partial charge >= 0.3 is 0 Å². The zero-order valence-corrected chi connectivity index (χ0v) is 13.6. The predicted molar refractivity (Wildman–Crippen MR) is 80.1 cm³/mol. The van der Waals surface area contributed by atoms with Gasteiger partial charge in [0.05, 0.1) is 19.5 Å². The molecule has 0 saturated carbocycles. The van der Waals surface area contributed by atoms with Gasteiger partial charge < -0.3 is 9.47 Å². The van der Waals surface area contributed by atoms with E-state index in [1.54, 1.807) is 14.0 Å². The number of methoxy groups -OCH3 is 1. The van der Waals surface area contributed by atoms with Gasteiger partial charge in [0.15, 0.2) is 0 Å². The number of ether oxygens (including phenoxy) is 2. The van der Waals surface area contributed by atoms with Crippen molar-refractivity contribution in [1.29, 1.82) is 0 Å². The highest BCUT2D eigenvalue weighted by atomic mass is 79.9. The lowest BCUT2D eigenvalue weighted by molar-refractivity contribution is 0.314. The minimum atomic E-state index is -2.91. The summed E-state index contributed by atoms with van der Waals surface area (Å²) < 4.78 is 33.4. The highest BCUT2D eigenvalue weighted by Crippen LogP contribution is 2.26. The van der Waals surface area contributed by atoms with Crippen LogP contribution < -0.4 is 9.47 Å². The number of halogens is 1. The van der Waals surface area contributed by atoms with E-state index in [1.807, 2.05) is 18.2 Å². The van der Waals surface area contributed by atoms with Crippen molar-refractivity contribution in [2.24, 2.45) is 0 Å². The Morgan fingerprint density at radius 2 is 2.05 bits per heavy atom. The summed E-state index contributed by atoms with van der Waals surface area (Å²) in [6.45, 7) is 2.05. The van der Waals surface area contributed by atoms with Crippen molar-refractivity contribution in [3.8, 4) is 11.5 Å². The first-order chi connectivity index (χ1) is 9.02. The van der Waals surface area contributed by atoms with Gasteiger partial charge in [0.1, 0.15) is 21.3 Å². The van der Waals surface area contributed by atoms with Crippen LogP contribution in [0.2, 0.25) is 0 Å². The second-order valence-electron chi connectivity index (χ2n) is 4.05. The second kappa shape index (κ2) is 7.75. The molecule has 0 aliphatic carbocycles. The summed E-state index contributed by atoms with van der Waals surface area (Å²) in [5.41, 5.74) is 0.984. The third-order valence-corrected chi connectivity index (χ3v) is 5.10. The molecule has 0 saturated heterocycles. The van der Waals surface area contributed by atoms with Crippen LogP contribution in [0.5, 0.6) is 11.5 Å². The molecule has 0 unspecified atom stereocenters. The Bertz CT molecular complexity index is 499. The molecule has 0 heterocycles. The van der Waals surface area contributed by atoms with Gasteiger partial charge in [0.25, 0.3) is 0 Å². The Kier molecular flexibility index (Phi) is 6.65. The largest absolute Gasteiger partial charge is 0.497 e. The number of hydrogen-bond donors (Lipinski definition) is 0. The van der Waals surface area contributed by atoms with Crippen LogP contribution in [0, 0.1) is 0 Å². The molecule has 0 amide bonds. The van der Waals surface area contributed by atoms with Crippen LogP contribution in [-0.2, 0) is 15.2 Å². The molecule has 0 N–H and O–H groups in total. The Hall–Kier alpha value is -0.750. The molecule has 1 rings (SSSR count). The van der Waals surface area contributed by atoms with Crippen LogP contribution in [0.1, 0.15) is 18.9 Å². The molecule has 0 radical (unpaired) electrons. The lowest BCUT2D eigenvalue weighted by Gasteiger charge is -2.11. The van der Waals surface area contributed by atoms with E-state index in [0.717, 1.165) is 17.1 Å². The summed E-state index contributed by atoms with van der Waals surface area (Å²) in [6.07, 6.45) is 0.504. The maximum absolute atomic E-state index is 11.3. The minimum Gasteiger partial charge on any atom is -0.497 e. The molecule has 4 nitrogen and oxygen atoms in total. The van der Waals surface area contributed by atoms with Gasteiger partial charge in [0, 0.05) is 16.6 Å². The summed E-state index contributed by atoms with van der Waals surface area (Å²) in [4.78, 5) is 0. The molecule has 0 bridgehead atoms. The Labute approximate surface area is 123 Å². The Morgan fingerprint density at radius 1 is 1.32 bits per heavy atom. The zero-order chi connectivity index (χ0) is 14.3. The summed E-state index contributed by atoms with van der Waals surface area (Å²) in [5.74, 6) is 1.88. The van der Waals surface area contributed by atoms with Crippen LogP contribution in [0.25, 0.3) is 0 Å². The maximum Gasteiger partial charge on any atom is 0.150 e. The van der Waals surface area contributed by atoms with Gasteiger partial charge in [-0.05, 0) is 24.6 Å². The molecule has 19 heavy (non-hydrogen) atoms. The molecular formula is C13H19BrO4S. The first-order valence-electron chi connectivity index (χ1n) is 6.08. The number of alkyl halides is 1. The van der Waals surface area contributed by atoms with E-state index in [0.29, 0.717) is 18.4 Å². The average molecular weight is 351 g/mol. The molecule has 0 spiro atoms. The van der Waals surface area contributed by atoms with E-state index in [4.69, 9.17) is 9.47 Å². The van der Waals surface area contributed by atoms with Crippen LogP contribution in [-0.4, -0.2) is 33.6 Å². The predicted octanol–water partition coefficient (Wildman–Crippen LogP) is 2.79. The third kappa shape index (κ3) is 5.40. The molecule has 0 fully saturated rings. The second-order valence-corrected chi connectivity index (χ2v) is 7.08. The summed E-state index contributed by atoms with van der Waals surface area (Å²) in [7, 11) is -1.29. The van der Waals surface area contributed by atoms with E-state index in [2.05, 4.69) is 15.9 Å². The topological polar surface area (TPSA) is 52.6 Å². The average Bonchev–Trinajstić information content (AvgIpc) is 2.43. The number of rotatable bonds is 8. The van der Waals surface area contributed by atoms with Gasteiger partial charge in [0.2, 0.25) is 0 Å². The van der Waals surface area contributed by atoms with E-state index in [-0.39, 0.29) is 11.5 Å². The molecule has 1 aromatic rings. The maximum atomic E-state index is 11.3. The third-order valence-electron chi connectivity index (χ3n) is 2.71. The fraction of sp³-hybridized carbons (Fsp3) is 0.538. The van der Waals surface area contributed by atoms with Crippen molar-refractivity contribution in [2.45, 2.75) is 18.7 Å². The zero-order valence-electron chi connectivity index (χ0n) is 11.2. The van der Waals surface area contributed by atoms with Crippen LogP contribution >= 0.6 is 15.9 Å². The van der Waals surface area contributed by atoms with Gasteiger partial charge in [-0.1, -0.05) is 22.9 Å². The smallest absolute Gasteiger partial charge is 0.150 e. The first kappa shape index (κ1) is 16.3. The highest BCUT2D eigenvalue weighted by molar-refractivity contribution is 9.08. The Balaban J connectivity index is 2.54. The molecule has 0 atom stereocenters. The SMILES string of the molecule is CCS(=O)(=O)CCCOc1ccc(OC)cc1CBr. The fourth-order valence-electron chi connectivity index (χ4n) is 1.53. The van der Waals surface area contributed by atoms with Crippen molar-refractivity contribution < 1.29 is 17.9 Å². The molecule has 0 aliphatic rings. The van der Waals surface area contributed by atoms with Gasteiger partial charge in [-0.2, -0.15) is 0 Å². The van der Waals surface area contributed by atoms with Crippen LogP contribution in [0.4, 0.5) is 0 Å². The van der Waals surface area contributed by atoms with Gasteiger partial charge in [-0.25, -0.2) is 8.42 Å². The quantitative estimate of drug-likeness (QED) is 0.534. The van der Waals surface area contributed by atoms with Gasteiger partial charge in [-0.3, -0.25) is 0 Å². The molecule has 108 valence electrons. The van der Waals surface area contributed by atoms with E-state index >= 15 is 0 Å². The number of hydrogen-bond acceptors (Lipinski definition) is 4. The van der Waals surface area contributed by atoms with Crippen molar-refractivity contribution in [3.05, 3.63) is 23.8 Å². The molecule has 0 aliphatic heterocycles. The standard InChI is InChI=1S/C13H19BrO4S/c1-3-19(15,16)8-4-7-18-13-6-5-12(17-2)9-11(13)10-14/h5-6,9H,3-4,7-8,10H2,1-2H3. The monoisotopic (exact) mass is 350 g/mol. The minimum absolute atomic E-state index is 0.170. The molecule has 0 aromatic heterocycles. The van der Waals surface area contributed by atoms with E-state index in [1.165, 1.54) is 0 Å². The van der Waals surface area contributed by atoms with Crippen LogP contribution in [0.3, 0.4) is 0 Å². The van der Waals surface area contributed by atoms with Crippen molar-refractivity contribution in [3.63, 3.8) is 0 Å². The van der Waals surface area contributed by atoms with Crippen molar-refractivity contribution >= 4 is 25.8 Å². The number of sulfone groups is 1. The van der Waals surface area contributed by atoms with E-state index < -0.39 is 9.84 Å². The van der Waals surface area contributed by atoms with Crippen molar-refractivity contribution in [1.82, 2.24) is 0 Å². The molecular weight excluding hydrogens is 332 g/mol. The lowest BCUT2D eigenvalue weighted by atomic mass is 10.2. The normalized spacial score (nSPS) is 11.3. The highest BCUT2D eigenvalue weighted by Gasteiger charge is 2.08. The number of benzene rings is 1. The first-order valence-corrected chi connectivity index (χ1v) is 9.02. The summed E-state index contributed by atoms with van der Waals surface area (Å²) >= 11 is 3.39. The summed E-state index contributed by atoms with van der Waals surface area (Å²) in [5, 5.41) is 0.660.